The van der Waals surface area contributed by atoms with Gasteiger partial charge < -0.3 is 24.8 Å². The lowest BCUT2D eigenvalue weighted by atomic mass is 9.70. The molecule has 40 heavy (non-hydrogen) atoms. The van der Waals surface area contributed by atoms with Crippen LogP contribution in [0.15, 0.2) is 48.7 Å². The summed E-state index contributed by atoms with van der Waals surface area (Å²) in [5.41, 5.74) is 3.19. The van der Waals surface area contributed by atoms with Gasteiger partial charge in [0.25, 0.3) is 5.91 Å². The van der Waals surface area contributed by atoms with E-state index in [1.54, 1.807) is 6.20 Å². The molecule has 2 aliphatic carbocycles. The molecule has 2 amide bonds. The Kier molecular flexibility index (Phi) is 7.33. The van der Waals surface area contributed by atoms with Crippen molar-refractivity contribution >= 4 is 12.0 Å². The van der Waals surface area contributed by atoms with Crippen molar-refractivity contribution in [3.8, 4) is 0 Å². The number of aromatic nitrogens is 1. The lowest BCUT2D eigenvalue weighted by Crippen LogP contribution is -2.48. The molecule has 2 saturated carbocycles. The lowest BCUT2D eigenvalue weighted by Gasteiger charge is -2.43. The molecule has 5 rings (SSSR count). The second-order valence-corrected chi connectivity index (χ2v) is 11.5. The van der Waals surface area contributed by atoms with Crippen LogP contribution in [-0.4, -0.2) is 59.1 Å². The number of carbonyl (C=O) groups excluding carboxylic acids is 2. The van der Waals surface area contributed by atoms with E-state index < -0.39 is 35.7 Å². The summed E-state index contributed by atoms with van der Waals surface area (Å²) < 4.78 is 58.4. The topological polar surface area (TPSA) is 104 Å². The number of hydrogen-bond donors (Lipinski definition) is 1. The lowest BCUT2D eigenvalue weighted by molar-refractivity contribution is -0.289. The maximum Gasteiger partial charge on any atom is 0.424 e. The van der Waals surface area contributed by atoms with E-state index in [-0.39, 0.29) is 30.2 Å². The summed E-state index contributed by atoms with van der Waals surface area (Å²) >= 11 is 0. The zero-order valence-electron chi connectivity index (χ0n) is 22.6. The van der Waals surface area contributed by atoms with Gasteiger partial charge in [-0.1, -0.05) is 18.2 Å². The molecule has 2 heterocycles. The number of nitrogens with two attached hydrogens (primary N) is 1. The summed E-state index contributed by atoms with van der Waals surface area (Å²) in [5, 5.41) is 0. The molecule has 1 aliphatic heterocycles. The number of amides is 2. The van der Waals surface area contributed by atoms with Crippen molar-refractivity contribution in [3.05, 3.63) is 65.5 Å². The molecule has 1 aromatic carbocycles. The first kappa shape index (κ1) is 28.4. The second kappa shape index (κ2) is 10.3. The summed E-state index contributed by atoms with van der Waals surface area (Å²) in [6.45, 7) is 2.33. The van der Waals surface area contributed by atoms with E-state index in [1.807, 2.05) is 23.1 Å². The van der Waals surface area contributed by atoms with Gasteiger partial charge in [0.15, 0.2) is 5.79 Å². The maximum absolute atomic E-state index is 14.2. The first-order valence-corrected chi connectivity index (χ1v) is 13.5. The van der Waals surface area contributed by atoms with Gasteiger partial charge in [-0.3, -0.25) is 9.78 Å². The van der Waals surface area contributed by atoms with Crippen molar-refractivity contribution in [2.75, 3.05) is 13.2 Å². The monoisotopic (exact) mass is 561 g/mol. The van der Waals surface area contributed by atoms with E-state index in [0.717, 1.165) is 18.5 Å². The van der Waals surface area contributed by atoms with Gasteiger partial charge in [-0.15, -0.1) is 0 Å². The molecule has 0 radical (unpaired) electrons. The Hall–Kier alpha value is -3.18. The average molecular weight is 562 g/mol. The highest BCUT2D eigenvalue weighted by Gasteiger charge is 2.64. The third-order valence-corrected chi connectivity index (χ3v) is 8.28. The van der Waals surface area contributed by atoms with Crippen molar-refractivity contribution in [2.24, 2.45) is 5.73 Å². The predicted octanol–water partition coefficient (Wildman–Crippen LogP) is 5.20. The molecule has 216 valence electrons. The predicted molar refractivity (Wildman–Crippen MR) is 138 cm³/mol. The molecular weight excluding hydrogens is 527 g/mol. The number of alkyl halides is 3. The Balaban J connectivity index is 1.34. The number of nitrogens with zero attached hydrogens (tertiary/aromatic N) is 2. The van der Waals surface area contributed by atoms with Crippen LogP contribution in [0, 0.1) is 0 Å². The molecule has 1 atom stereocenters. The second-order valence-electron chi connectivity index (χ2n) is 11.5. The van der Waals surface area contributed by atoms with Crippen LogP contribution in [0.2, 0.25) is 0 Å². The van der Waals surface area contributed by atoms with Crippen LogP contribution < -0.4 is 5.73 Å². The fourth-order valence-corrected chi connectivity index (χ4v) is 6.01. The first-order valence-electron chi connectivity index (χ1n) is 13.5. The van der Waals surface area contributed by atoms with Crippen molar-refractivity contribution in [1.82, 2.24) is 9.88 Å². The molecule has 1 unspecified atom stereocenters. The van der Waals surface area contributed by atoms with Crippen molar-refractivity contribution in [1.29, 1.82) is 0 Å². The number of primary amides is 1. The molecule has 3 fully saturated rings. The van der Waals surface area contributed by atoms with Crippen LogP contribution in [0.3, 0.4) is 0 Å². The van der Waals surface area contributed by atoms with Gasteiger partial charge in [0.05, 0.1) is 6.61 Å². The van der Waals surface area contributed by atoms with Gasteiger partial charge in [-0.2, -0.15) is 13.2 Å². The van der Waals surface area contributed by atoms with E-state index in [0.29, 0.717) is 31.2 Å². The summed E-state index contributed by atoms with van der Waals surface area (Å²) in [7, 11) is 0. The highest BCUT2D eigenvalue weighted by Crippen LogP contribution is 2.50. The van der Waals surface area contributed by atoms with E-state index >= 15 is 0 Å². The highest BCUT2D eigenvalue weighted by atomic mass is 19.4. The van der Waals surface area contributed by atoms with Crippen molar-refractivity contribution in [2.45, 2.75) is 87.4 Å². The Bertz CT molecular complexity index is 1230. The van der Waals surface area contributed by atoms with Crippen LogP contribution in [-0.2, 0) is 25.2 Å². The molecule has 2 aromatic rings. The van der Waals surface area contributed by atoms with Gasteiger partial charge >= 0.3 is 12.3 Å². The van der Waals surface area contributed by atoms with Crippen LogP contribution in [0.5, 0.6) is 0 Å². The van der Waals surface area contributed by atoms with Crippen LogP contribution in [0.4, 0.5) is 18.0 Å². The van der Waals surface area contributed by atoms with Crippen LogP contribution in [0.1, 0.15) is 74.0 Å². The molecule has 1 aromatic heterocycles. The Morgan fingerprint density at radius 3 is 2.20 bits per heavy atom. The summed E-state index contributed by atoms with van der Waals surface area (Å²) in [5.74, 6) is -1.59. The van der Waals surface area contributed by atoms with E-state index in [1.165, 1.54) is 38.1 Å². The SMILES string of the molecule is CC1(C)OCC(c2ccc(C(=O)N(C3CC3)C3CCC(COC(N)=O)(c4ccccn4)CC3)cc2)(C(F)(F)F)O1. The number of pyridine rings is 1. The minimum atomic E-state index is -4.70. The Morgan fingerprint density at radius 1 is 1.05 bits per heavy atom. The summed E-state index contributed by atoms with van der Waals surface area (Å²) in [6, 6.07) is 11.2. The maximum atomic E-state index is 14.2. The smallest absolute Gasteiger partial charge is 0.424 e. The van der Waals surface area contributed by atoms with E-state index in [9.17, 15) is 22.8 Å². The quantitative estimate of drug-likeness (QED) is 0.498. The minimum absolute atomic E-state index is 0.0565. The van der Waals surface area contributed by atoms with Crippen molar-refractivity contribution in [3.63, 3.8) is 0 Å². The molecule has 8 nitrogen and oxygen atoms in total. The standard InChI is InChI=1S/C29H34F3N3O5/c1-26(2)39-18-28(40-26,29(30,31)32)20-8-6-19(7-9-20)24(36)35(21-10-11-21)22-12-14-27(15-13-22,17-38-25(33)37)23-5-3-4-16-34-23/h3-9,16,21-22H,10-15,17-18H2,1-2H3,(H2,33,37). The van der Waals surface area contributed by atoms with E-state index in [4.69, 9.17) is 19.9 Å². The van der Waals surface area contributed by atoms with E-state index in [2.05, 4.69) is 4.98 Å². The number of benzene rings is 1. The molecule has 1 saturated heterocycles. The first-order chi connectivity index (χ1) is 18.9. The van der Waals surface area contributed by atoms with Gasteiger partial charge in [-0.05, 0) is 82.2 Å². The molecule has 0 spiro atoms. The molecule has 3 aliphatic rings. The Morgan fingerprint density at radius 2 is 1.70 bits per heavy atom. The summed E-state index contributed by atoms with van der Waals surface area (Å²) in [4.78, 5) is 31.5. The number of rotatable bonds is 7. The van der Waals surface area contributed by atoms with Gasteiger partial charge in [0, 0.05) is 35.0 Å². The average Bonchev–Trinajstić information content (AvgIpc) is 3.70. The van der Waals surface area contributed by atoms with Gasteiger partial charge in [-0.25, -0.2) is 4.79 Å². The molecule has 11 heteroatoms. The zero-order valence-corrected chi connectivity index (χ0v) is 22.6. The highest BCUT2D eigenvalue weighted by molar-refractivity contribution is 5.95. The van der Waals surface area contributed by atoms with Gasteiger partial charge in [0.1, 0.15) is 6.61 Å². The number of carbonyl (C=O) groups is 2. The van der Waals surface area contributed by atoms with Crippen LogP contribution in [0.25, 0.3) is 0 Å². The normalized spacial score (nSPS) is 28.2. The molecular formula is C29H34F3N3O5. The molecule has 0 bridgehead atoms. The Labute approximate surface area is 231 Å². The van der Waals surface area contributed by atoms with Crippen molar-refractivity contribution < 1.29 is 37.0 Å². The fourth-order valence-electron chi connectivity index (χ4n) is 6.01. The number of hydrogen-bond acceptors (Lipinski definition) is 6. The molecule has 2 N–H and O–H groups in total. The summed E-state index contributed by atoms with van der Waals surface area (Å²) in [6.07, 6.45) is 0.517. The largest absolute Gasteiger partial charge is 0.449 e. The van der Waals surface area contributed by atoms with Gasteiger partial charge in [0.2, 0.25) is 5.60 Å². The zero-order chi connectivity index (χ0) is 28.8. The third kappa shape index (κ3) is 5.41. The third-order valence-electron chi connectivity index (χ3n) is 8.28. The number of ether oxygens (including phenoxy) is 3. The minimum Gasteiger partial charge on any atom is -0.449 e. The van der Waals surface area contributed by atoms with Crippen LogP contribution >= 0.6 is 0 Å². The fraction of sp³-hybridized carbons (Fsp3) is 0.552. The number of halogens is 3.